The van der Waals surface area contributed by atoms with Crippen molar-refractivity contribution in [1.82, 2.24) is 30.0 Å². The van der Waals surface area contributed by atoms with E-state index in [2.05, 4.69) is 20.1 Å². The standard InChI is InChI=1S/C20H26N6O/c1-14-22-19(24-23-14)20-12-25(17-6-2-3-7-17)10-16(20)11-26(13-20)18(27)15-5-4-8-21-9-15/h4-5,8-9,16-17H,2-3,6-7,10-13H2,1H3,(H,22,23,24)/t16-,20-/m1/s1. The van der Waals surface area contributed by atoms with E-state index in [0.717, 1.165) is 31.3 Å². The van der Waals surface area contributed by atoms with Crippen LogP contribution in [-0.2, 0) is 5.41 Å². The molecular formula is C20H26N6O. The normalized spacial score (nSPS) is 28.8. The minimum Gasteiger partial charge on any atom is -0.337 e. The molecule has 7 nitrogen and oxygen atoms in total. The fraction of sp³-hybridized carbons (Fsp3) is 0.600. The van der Waals surface area contributed by atoms with E-state index in [-0.39, 0.29) is 11.3 Å². The Balaban J connectivity index is 1.44. The summed E-state index contributed by atoms with van der Waals surface area (Å²) in [7, 11) is 0. The van der Waals surface area contributed by atoms with Crippen molar-refractivity contribution in [3.05, 3.63) is 41.7 Å². The largest absolute Gasteiger partial charge is 0.337 e. The van der Waals surface area contributed by atoms with Crippen LogP contribution in [0.25, 0.3) is 0 Å². The Bertz CT molecular complexity index is 830. The monoisotopic (exact) mass is 366 g/mol. The smallest absolute Gasteiger partial charge is 0.255 e. The zero-order valence-electron chi connectivity index (χ0n) is 15.8. The van der Waals surface area contributed by atoms with E-state index < -0.39 is 0 Å². The Morgan fingerprint density at radius 2 is 2.11 bits per heavy atom. The van der Waals surface area contributed by atoms with Gasteiger partial charge in [0.15, 0.2) is 5.82 Å². The van der Waals surface area contributed by atoms with Crippen LogP contribution in [0.3, 0.4) is 0 Å². The molecule has 0 bridgehead atoms. The molecule has 2 saturated heterocycles. The van der Waals surface area contributed by atoms with Crippen molar-refractivity contribution in [2.24, 2.45) is 5.92 Å². The molecular weight excluding hydrogens is 340 g/mol. The Labute approximate surface area is 159 Å². The number of hydrogen-bond donors (Lipinski definition) is 1. The third-order valence-electron chi connectivity index (χ3n) is 6.71. The van der Waals surface area contributed by atoms with Gasteiger partial charge in [0.05, 0.1) is 11.0 Å². The lowest BCUT2D eigenvalue weighted by molar-refractivity contribution is 0.0764. The number of H-pyrrole nitrogens is 1. The number of rotatable bonds is 3. The van der Waals surface area contributed by atoms with Crippen molar-refractivity contribution >= 4 is 5.91 Å². The van der Waals surface area contributed by atoms with Crippen LogP contribution in [0.5, 0.6) is 0 Å². The maximum absolute atomic E-state index is 13.0. The fourth-order valence-electron chi connectivity index (χ4n) is 5.36. The second-order valence-electron chi connectivity index (χ2n) is 8.39. The molecule has 1 saturated carbocycles. The van der Waals surface area contributed by atoms with E-state index in [9.17, 15) is 4.79 Å². The molecule has 2 aliphatic heterocycles. The second-order valence-corrected chi connectivity index (χ2v) is 8.39. The van der Waals surface area contributed by atoms with Gasteiger partial charge in [0, 0.05) is 50.5 Å². The highest BCUT2D eigenvalue weighted by Gasteiger charge is 2.57. The summed E-state index contributed by atoms with van der Waals surface area (Å²) in [6.45, 7) is 5.39. The lowest BCUT2D eigenvalue weighted by atomic mass is 9.80. The quantitative estimate of drug-likeness (QED) is 0.896. The van der Waals surface area contributed by atoms with Gasteiger partial charge in [-0.15, -0.1) is 0 Å². The van der Waals surface area contributed by atoms with Crippen molar-refractivity contribution in [1.29, 1.82) is 0 Å². The molecule has 1 N–H and O–H groups in total. The Morgan fingerprint density at radius 1 is 1.26 bits per heavy atom. The summed E-state index contributed by atoms with van der Waals surface area (Å²) in [5.41, 5.74) is 0.497. The van der Waals surface area contributed by atoms with Gasteiger partial charge in [0.25, 0.3) is 5.91 Å². The molecule has 7 heteroatoms. The molecule has 2 aromatic heterocycles. The van der Waals surface area contributed by atoms with Crippen LogP contribution in [0.2, 0.25) is 0 Å². The molecule has 1 aliphatic carbocycles. The minimum absolute atomic E-state index is 0.0662. The molecule has 142 valence electrons. The average molecular weight is 366 g/mol. The Morgan fingerprint density at radius 3 is 2.81 bits per heavy atom. The zero-order valence-corrected chi connectivity index (χ0v) is 15.8. The van der Waals surface area contributed by atoms with Gasteiger partial charge < -0.3 is 4.90 Å². The van der Waals surface area contributed by atoms with Gasteiger partial charge in [0.1, 0.15) is 5.82 Å². The number of carbonyl (C=O) groups is 1. The maximum atomic E-state index is 13.0. The topological polar surface area (TPSA) is 78.0 Å². The number of aryl methyl sites for hydroxylation is 1. The number of carbonyl (C=O) groups excluding carboxylic acids is 1. The lowest BCUT2D eigenvalue weighted by Crippen LogP contribution is -2.42. The predicted octanol–water partition coefficient (Wildman–Crippen LogP) is 1.78. The van der Waals surface area contributed by atoms with E-state index in [1.54, 1.807) is 12.4 Å². The molecule has 3 aliphatic rings. The summed E-state index contributed by atoms with van der Waals surface area (Å²) in [6, 6.07) is 4.35. The SMILES string of the molecule is Cc1nc([C@]23CN(C(=O)c4cccnc4)C[C@H]2CN(C2CCCC2)C3)n[nH]1. The number of nitrogens with zero attached hydrogens (tertiary/aromatic N) is 5. The summed E-state index contributed by atoms with van der Waals surface area (Å²) in [5.74, 6) is 2.17. The van der Waals surface area contributed by atoms with Crippen LogP contribution < -0.4 is 0 Å². The molecule has 0 radical (unpaired) electrons. The van der Waals surface area contributed by atoms with Crippen molar-refractivity contribution in [3.63, 3.8) is 0 Å². The molecule has 4 heterocycles. The predicted molar refractivity (Wildman–Crippen MR) is 100 cm³/mol. The molecule has 2 atom stereocenters. The fourth-order valence-corrected chi connectivity index (χ4v) is 5.36. The molecule has 2 aromatic rings. The van der Waals surface area contributed by atoms with Crippen molar-refractivity contribution in [2.75, 3.05) is 26.2 Å². The second kappa shape index (κ2) is 6.41. The minimum atomic E-state index is -0.161. The molecule has 0 spiro atoms. The van der Waals surface area contributed by atoms with Crippen LogP contribution in [0.15, 0.2) is 24.5 Å². The first-order valence-electron chi connectivity index (χ1n) is 9.98. The molecule has 1 amide bonds. The summed E-state index contributed by atoms with van der Waals surface area (Å²) < 4.78 is 0. The van der Waals surface area contributed by atoms with Gasteiger partial charge in [-0.3, -0.25) is 19.8 Å². The molecule has 0 unspecified atom stereocenters. The van der Waals surface area contributed by atoms with Gasteiger partial charge in [-0.1, -0.05) is 12.8 Å². The highest BCUT2D eigenvalue weighted by molar-refractivity contribution is 5.94. The Hall–Kier alpha value is -2.28. The highest BCUT2D eigenvalue weighted by Crippen LogP contribution is 2.45. The third-order valence-corrected chi connectivity index (χ3v) is 6.71. The van der Waals surface area contributed by atoms with E-state index in [0.29, 0.717) is 24.1 Å². The summed E-state index contributed by atoms with van der Waals surface area (Å²) >= 11 is 0. The van der Waals surface area contributed by atoms with Gasteiger partial charge >= 0.3 is 0 Å². The van der Waals surface area contributed by atoms with Crippen molar-refractivity contribution in [3.8, 4) is 0 Å². The van der Waals surface area contributed by atoms with Gasteiger partial charge in [0.2, 0.25) is 0 Å². The first-order chi connectivity index (χ1) is 13.2. The van der Waals surface area contributed by atoms with Crippen LogP contribution in [-0.4, -0.2) is 68.1 Å². The maximum Gasteiger partial charge on any atom is 0.255 e. The number of likely N-dealkylation sites (tertiary alicyclic amines) is 2. The van der Waals surface area contributed by atoms with E-state index >= 15 is 0 Å². The van der Waals surface area contributed by atoms with Crippen molar-refractivity contribution < 1.29 is 4.79 Å². The number of aromatic amines is 1. The van der Waals surface area contributed by atoms with Gasteiger partial charge in [-0.05, 0) is 31.9 Å². The van der Waals surface area contributed by atoms with Gasteiger partial charge in [-0.25, -0.2) is 4.98 Å². The lowest BCUT2D eigenvalue weighted by Gasteiger charge is -2.29. The van der Waals surface area contributed by atoms with Crippen LogP contribution in [0.1, 0.15) is 47.7 Å². The number of fused-ring (bicyclic) bond motifs is 1. The van der Waals surface area contributed by atoms with Gasteiger partial charge in [-0.2, -0.15) is 5.10 Å². The highest BCUT2D eigenvalue weighted by atomic mass is 16.2. The number of amides is 1. The first-order valence-corrected chi connectivity index (χ1v) is 9.98. The Kier molecular flexibility index (Phi) is 4.00. The molecule has 3 fully saturated rings. The number of hydrogen-bond acceptors (Lipinski definition) is 5. The van der Waals surface area contributed by atoms with Crippen LogP contribution >= 0.6 is 0 Å². The summed E-state index contributed by atoms with van der Waals surface area (Å²) in [4.78, 5) is 26.5. The van der Waals surface area contributed by atoms with Crippen molar-refractivity contribution in [2.45, 2.75) is 44.1 Å². The number of aromatic nitrogens is 4. The van der Waals surface area contributed by atoms with E-state index in [1.807, 2.05) is 24.0 Å². The third kappa shape index (κ3) is 2.76. The number of nitrogens with one attached hydrogen (secondary N) is 1. The average Bonchev–Trinajstić information content (AvgIpc) is 3.44. The number of pyridine rings is 1. The van der Waals surface area contributed by atoms with Crippen LogP contribution in [0.4, 0.5) is 0 Å². The zero-order chi connectivity index (χ0) is 18.4. The molecule has 27 heavy (non-hydrogen) atoms. The molecule has 0 aromatic carbocycles. The first kappa shape index (κ1) is 16.9. The van der Waals surface area contributed by atoms with E-state index in [4.69, 9.17) is 4.98 Å². The summed E-state index contributed by atoms with van der Waals surface area (Å²) in [6.07, 6.45) is 8.63. The summed E-state index contributed by atoms with van der Waals surface area (Å²) in [5, 5.41) is 7.57. The molecule has 5 rings (SSSR count). The van der Waals surface area contributed by atoms with Crippen LogP contribution in [0, 0.1) is 12.8 Å². The van der Waals surface area contributed by atoms with E-state index in [1.165, 1.54) is 25.7 Å².